The van der Waals surface area contributed by atoms with E-state index in [1.807, 2.05) is 6.07 Å². The zero-order valence-corrected chi connectivity index (χ0v) is 15.3. The molecule has 0 radical (unpaired) electrons. The van der Waals surface area contributed by atoms with Crippen LogP contribution in [-0.4, -0.2) is 48.9 Å². The number of amides is 1. The summed E-state index contributed by atoms with van der Waals surface area (Å²) in [6, 6.07) is 3.53. The number of piperidine rings is 1. The van der Waals surface area contributed by atoms with Crippen molar-refractivity contribution in [3.05, 3.63) is 17.7 Å². The van der Waals surface area contributed by atoms with Gasteiger partial charge in [-0.1, -0.05) is 12.8 Å². The van der Waals surface area contributed by atoms with Gasteiger partial charge in [0.15, 0.2) is 11.5 Å². The lowest BCUT2D eigenvalue weighted by molar-refractivity contribution is -0.919. The van der Waals surface area contributed by atoms with E-state index >= 15 is 0 Å². The molecule has 3 aliphatic heterocycles. The molecule has 3 aliphatic rings. The number of nitrogens with zero attached hydrogens (tertiary/aromatic N) is 1. The molecule has 1 aromatic rings. The number of hydrogen-bond acceptors (Lipinski definition) is 4. The van der Waals surface area contributed by atoms with Crippen LogP contribution >= 0.6 is 0 Å². The van der Waals surface area contributed by atoms with Crippen molar-refractivity contribution in [2.75, 3.05) is 33.0 Å². The van der Waals surface area contributed by atoms with Crippen molar-refractivity contribution in [1.82, 2.24) is 4.90 Å². The van der Waals surface area contributed by atoms with Crippen LogP contribution in [0.3, 0.4) is 0 Å². The molecule has 1 amide bonds. The number of phenolic OH excluding ortho intramolecular Hbond substituents is 1. The van der Waals surface area contributed by atoms with Crippen LogP contribution in [0, 0.1) is 5.92 Å². The van der Waals surface area contributed by atoms with E-state index in [1.165, 1.54) is 17.7 Å². The lowest BCUT2D eigenvalue weighted by Crippen LogP contribution is -3.11. The molecule has 4 rings (SSSR count). The van der Waals surface area contributed by atoms with Gasteiger partial charge in [-0.15, -0.1) is 0 Å². The molecule has 2 saturated heterocycles. The fraction of sp³-hybridized carbons (Fsp3) is 0.650. The van der Waals surface area contributed by atoms with Crippen LogP contribution in [0.15, 0.2) is 12.1 Å². The summed E-state index contributed by atoms with van der Waals surface area (Å²) in [5, 5.41) is 10.2. The van der Waals surface area contributed by atoms with Crippen molar-refractivity contribution in [2.45, 2.75) is 45.1 Å². The standard InChI is InChI=1S/C20H28N2O4/c23-17-12-19-18(25-14-26-19)11-16(17)13-21-9-5-15(6-10-21)20(24)22-7-3-1-2-4-8-22/h11-12,15,23H,1-10,13-14H2/p+1. The minimum Gasteiger partial charge on any atom is -0.507 e. The lowest BCUT2D eigenvalue weighted by atomic mass is 9.94. The normalized spacial score (nSPS) is 25.8. The molecular weight excluding hydrogens is 332 g/mol. The van der Waals surface area contributed by atoms with Gasteiger partial charge in [0.05, 0.1) is 18.7 Å². The number of carbonyl (C=O) groups is 1. The van der Waals surface area contributed by atoms with Crippen LogP contribution in [0.25, 0.3) is 0 Å². The van der Waals surface area contributed by atoms with E-state index in [-0.39, 0.29) is 18.5 Å². The largest absolute Gasteiger partial charge is 0.507 e. The van der Waals surface area contributed by atoms with E-state index in [1.54, 1.807) is 6.07 Å². The monoisotopic (exact) mass is 361 g/mol. The van der Waals surface area contributed by atoms with Crippen molar-refractivity contribution >= 4 is 5.91 Å². The number of nitrogens with one attached hydrogen (secondary N) is 1. The number of aromatic hydroxyl groups is 1. The topological polar surface area (TPSA) is 63.4 Å². The number of benzene rings is 1. The first-order valence-electron chi connectivity index (χ1n) is 9.94. The van der Waals surface area contributed by atoms with Crippen molar-refractivity contribution in [3.63, 3.8) is 0 Å². The van der Waals surface area contributed by atoms with Crippen molar-refractivity contribution in [2.24, 2.45) is 5.92 Å². The number of fused-ring (bicyclic) bond motifs is 1. The number of ether oxygens (including phenoxy) is 2. The highest BCUT2D eigenvalue weighted by Crippen LogP contribution is 2.37. The smallest absolute Gasteiger partial charge is 0.231 e. The molecule has 3 heterocycles. The third-order valence-corrected chi connectivity index (χ3v) is 5.97. The summed E-state index contributed by atoms with van der Waals surface area (Å²) < 4.78 is 10.7. The SMILES string of the molecule is O=C(C1CC[NH+](Cc2cc3c(cc2O)OCO3)CC1)N1CCCCCC1. The second-order valence-corrected chi connectivity index (χ2v) is 7.77. The number of carbonyl (C=O) groups excluding carboxylic acids is 1. The second kappa shape index (κ2) is 7.74. The van der Waals surface area contributed by atoms with Gasteiger partial charge in [-0.3, -0.25) is 4.79 Å². The van der Waals surface area contributed by atoms with Gasteiger partial charge in [-0.25, -0.2) is 0 Å². The average Bonchev–Trinajstić information content (AvgIpc) is 2.93. The Labute approximate surface area is 154 Å². The van der Waals surface area contributed by atoms with Crippen LogP contribution in [-0.2, 0) is 11.3 Å². The van der Waals surface area contributed by atoms with Crippen molar-refractivity contribution in [3.8, 4) is 17.2 Å². The molecule has 1 aromatic carbocycles. The van der Waals surface area contributed by atoms with Gasteiger partial charge in [0.2, 0.25) is 12.7 Å². The number of phenols is 1. The first-order chi connectivity index (χ1) is 12.7. The lowest BCUT2D eigenvalue weighted by Gasteiger charge is -2.32. The van der Waals surface area contributed by atoms with Gasteiger partial charge >= 0.3 is 0 Å². The third-order valence-electron chi connectivity index (χ3n) is 5.97. The molecule has 0 aliphatic carbocycles. The van der Waals surface area contributed by atoms with Crippen LogP contribution in [0.5, 0.6) is 17.2 Å². The van der Waals surface area contributed by atoms with E-state index in [0.717, 1.165) is 64.0 Å². The van der Waals surface area contributed by atoms with Gasteiger partial charge < -0.3 is 24.4 Å². The van der Waals surface area contributed by atoms with Gasteiger partial charge in [-0.2, -0.15) is 0 Å². The number of rotatable bonds is 3. The fourth-order valence-electron chi connectivity index (χ4n) is 4.38. The van der Waals surface area contributed by atoms with Crippen LogP contribution in [0.4, 0.5) is 0 Å². The summed E-state index contributed by atoms with van der Waals surface area (Å²) in [4.78, 5) is 16.3. The predicted molar refractivity (Wildman–Crippen MR) is 96.4 cm³/mol. The maximum atomic E-state index is 12.8. The average molecular weight is 361 g/mol. The van der Waals surface area contributed by atoms with E-state index in [9.17, 15) is 9.90 Å². The highest BCUT2D eigenvalue weighted by Gasteiger charge is 2.31. The zero-order chi connectivity index (χ0) is 17.9. The second-order valence-electron chi connectivity index (χ2n) is 7.77. The van der Waals surface area contributed by atoms with Crippen molar-refractivity contribution in [1.29, 1.82) is 0 Å². The molecule has 0 spiro atoms. The highest BCUT2D eigenvalue weighted by molar-refractivity contribution is 5.78. The molecule has 0 saturated carbocycles. The Morgan fingerprint density at radius 1 is 1.08 bits per heavy atom. The maximum absolute atomic E-state index is 12.8. The Morgan fingerprint density at radius 2 is 1.73 bits per heavy atom. The molecule has 2 N–H and O–H groups in total. The van der Waals surface area contributed by atoms with E-state index in [2.05, 4.69) is 4.90 Å². The third kappa shape index (κ3) is 3.75. The van der Waals surface area contributed by atoms with E-state index in [0.29, 0.717) is 17.4 Å². The maximum Gasteiger partial charge on any atom is 0.231 e. The summed E-state index contributed by atoms with van der Waals surface area (Å²) in [7, 11) is 0. The summed E-state index contributed by atoms with van der Waals surface area (Å²) in [6.07, 6.45) is 6.70. The first kappa shape index (κ1) is 17.5. The van der Waals surface area contributed by atoms with E-state index in [4.69, 9.17) is 9.47 Å². The summed E-state index contributed by atoms with van der Waals surface area (Å²) in [5.41, 5.74) is 0.890. The van der Waals surface area contributed by atoms with Crippen LogP contribution in [0.1, 0.15) is 44.1 Å². The molecule has 0 aromatic heterocycles. The minimum absolute atomic E-state index is 0.183. The van der Waals surface area contributed by atoms with Gasteiger partial charge in [-0.05, 0) is 18.9 Å². The van der Waals surface area contributed by atoms with Crippen LogP contribution < -0.4 is 14.4 Å². The number of hydrogen-bond donors (Lipinski definition) is 2. The Balaban J connectivity index is 1.32. The molecule has 6 nitrogen and oxygen atoms in total. The summed E-state index contributed by atoms with van der Waals surface area (Å²) in [6.45, 7) is 4.80. The predicted octanol–water partition coefficient (Wildman–Crippen LogP) is 1.32. The Morgan fingerprint density at radius 3 is 2.42 bits per heavy atom. The van der Waals surface area contributed by atoms with Gasteiger partial charge in [0.1, 0.15) is 12.3 Å². The highest BCUT2D eigenvalue weighted by atomic mass is 16.7. The molecule has 0 atom stereocenters. The molecule has 142 valence electrons. The summed E-state index contributed by atoms with van der Waals surface area (Å²) >= 11 is 0. The molecule has 6 heteroatoms. The van der Waals surface area contributed by atoms with Gasteiger partial charge in [0, 0.05) is 37.9 Å². The Kier molecular flexibility index (Phi) is 5.20. The Hall–Kier alpha value is -1.95. The fourth-order valence-corrected chi connectivity index (χ4v) is 4.38. The van der Waals surface area contributed by atoms with Crippen molar-refractivity contribution < 1.29 is 24.3 Å². The molecule has 0 unspecified atom stereocenters. The number of likely N-dealkylation sites (tertiary alicyclic amines) is 2. The molecule has 0 bridgehead atoms. The van der Waals surface area contributed by atoms with Crippen LogP contribution in [0.2, 0.25) is 0 Å². The molecular formula is C20H29N2O4+. The first-order valence-corrected chi connectivity index (χ1v) is 9.94. The van der Waals surface area contributed by atoms with E-state index < -0.39 is 0 Å². The molecule has 2 fully saturated rings. The Bertz CT molecular complexity index is 647. The minimum atomic E-state index is 0.183. The molecule has 26 heavy (non-hydrogen) atoms. The zero-order valence-electron chi connectivity index (χ0n) is 15.3. The number of quaternary nitrogens is 1. The quantitative estimate of drug-likeness (QED) is 0.852. The summed E-state index contributed by atoms with van der Waals surface area (Å²) in [5.74, 6) is 2.15. The van der Waals surface area contributed by atoms with Gasteiger partial charge in [0.25, 0.3) is 0 Å².